The summed E-state index contributed by atoms with van der Waals surface area (Å²) in [6.07, 6.45) is -0.127. The highest BCUT2D eigenvalue weighted by Gasteiger charge is 2.46. The highest BCUT2D eigenvalue weighted by molar-refractivity contribution is 5.86. The lowest BCUT2D eigenvalue weighted by Crippen LogP contribution is -2.58. The summed E-state index contributed by atoms with van der Waals surface area (Å²) in [5.74, 6) is -1.50. The lowest BCUT2D eigenvalue weighted by Gasteiger charge is -2.39. The molecule has 2 aromatic carbocycles. The maximum Gasteiger partial charge on any atom is 0.405 e. The number of hydrogen-bond acceptors (Lipinski definition) is 7. The van der Waals surface area contributed by atoms with E-state index in [0.717, 1.165) is 28.1 Å². The zero-order valence-electron chi connectivity index (χ0n) is 35.1. The van der Waals surface area contributed by atoms with Crippen molar-refractivity contribution in [1.82, 2.24) is 36.1 Å². The van der Waals surface area contributed by atoms with Gasteiger partial charge >= 0.3 is 12.1 Å². The molecule has 0 radical (unpaired) electrons. The summed E-state index contributed by atoms with van der Waals surface area (Å²) in [6, 6.07) is 25.3. The van der Waals surface area contributed by atoms with Crippen LogP contribution in [0.1, 0.15) is 70.5 Å². The van der Waals surface area contributed by atoms with Gasteiger partial charge in [-0.1, -0.05) is 108 Å². The molecule has 0 saturated carbocycles. The van der Waals surface area contributed by atoms with Crippen LogP contribution >= 0.6 is 0 Å². The molecule has 0 aliphatic carbocycles. The number of carbonyl (C=O) groups excluding carboxylic acids is 3. The Hall–Kier alpha value is -5.82. The van der Waals surface area contributed by atoms with Crippen molar-refractivity contribution in [1.29, 1.82) is 0 Å². The highest BCUT2D eigenvalue weighted by Crippen LogP contribution is 2.34. The molecule has 3 heterocycles. The van der Waals surface area contributed by atoms with Crippen LogP contribution in [0.5, 0.6) is 0 Å². The van der Waals surface area contributed by atoms with Crippen molar-refractivity contribution in [2.24, 2.45) is 16.7 Å². The van der Waals surface area contributed by atoms with E-state index in [0.29, 0.717) is 12.1 Å². The molecule has 59 heavy (non-hydrogen) atoms. The zero-order chi connectivity index (χ0) is 42.9. The Labute approximate surface area is 347 Å². The van der Waals surface area contributed by atoms with Crippen LogP contribution in [0.25, 0.3) is 11.3 Å². The van der Waals surface area contributed by atoms with Crippen molar-refractivity contribution >= 4 is 23.9 Å². The molecule has 0 spiro atoms. The number of hydrogen-bond donors (Lipinski definition) is 6. The largest absolute Gasteiger partial charge is 0.465 e. The fourth-order valence-corrected chi connectivity index (χ4v) is 7.83. The molecule has 13 heteroatoms. The highest BCUT2D eigenvalue weighted by atomic mass is 16.4. The summed E-state index contributed by atoms with van der Waals surface area (Å²) in [4.78, 5) is 64.4. The second-order valence-electron chi connectivity index (χ2n) is 17.7. The molecule has 6 N–H and O–H groups in total. The van der Waals surface area contributed by atoms with E-state index in [4.69, 9.17) is 0 Å². The maximum absolute atomic E-state index is 14.8. The second kappa shape index (κ2) is 19.3. The van der Waals surface area contributed by atoms with Gasteiger partial charge in [-0.15, -0.1) is 0 Å². The molecule has 13 nitrogen and oxygen atoms in total. The van der Waals surface area contributed by atoms with Gasteiger partial charge in [-0.2, -0.15) is 0 Å². The third kappa shape index (κ3) is 12.3. The standard InChI is InChI=1S/C46H59N7O6/c1-29-14-13-17-33(49-29)28-53-37(27-48-43(53)57)39(45(2,3)4)41(55)50-34(24-31-19-21-32(22-20-31)35-18-11-12-23-47-35)26-38(54)36(25-30-15-9-8-10-16-30)51-42(56)40(46(5,6)7)52-44(58)59/h8-23,34,36-40,52,54H,24-28H2,1-7H3,(H,48,57)(H,50,55)(H,51,56)(H,58,59)/t34-,36+,37?,38+,39+,40-/m1/s1. The number of rotatable bonds is 16. The lowest BCUT2D eigenvalue weighted by atomic mass is 9.75. The third-order valence-corrected chi connectivity index (χ3v) is 10.8. The predicted molar refractivity (Wildman–Crippen MR) is 227 cm³/mol. The Bertz CT molecular complexity index is 2030. The minimum Gasteiger partial charge on any atom is -0.465 e. The first-order valence-electron chi connectivity index (χ1n) is 20.2. The smallest absolute Gasteiger partial charge is 0.405 e. The van der Waals surface area contributed by atoms with Crippen LogP contribution in [-0.4, -0.2) is 85.8 Å². The molecule has 6 atom stereocenters. The van der Waals surface area contributed by atoms with Crippen molar-refractivity contribution in [2.45, 2.75) is 105 Å². The summed E-state index contributed by atoms with van der Waals surface area (Å²) < 4.78 is 0. The van der Waals surface area contributed by atoms with Crippen molar-refractivity contribution in [2.75, 3.05) is 6.54 Å². The average molecular weight is 806 g/mol. The van der Waals surface area contributed by atoms with E-state index in [1.807, 2.05) is 119 Å². The van der Waals surface area contributed by atoms with Gasteiger partial charge < -0.3 is 36.4 Å². The van der Waals surface area contributed by atoms with Crippen LogP contribution < -0.4 is 21.3 Å². The van der Waals surface area contributed by atoms with Gasteiger partial charge in [-0.05, 0) is 72.4 Å². The summed E-state index contributed by atoms with van der Waals surface area (Å²) in [5.41, 5.74) is 3.69. The van der Waals surface area contributed by atoms with E-state index in [1.54, 1.807) is 31.9 Å². The molecule has 0 bridgehead atoms. The molecule has 5 amide bonds. The number of aromatic nitrogens is 2. The Morgan fingerprint density at radius 3 is 2.10 bits per heavy atom. The fourth-order valence-electron chi connectivity index (χ4n) is 7.83. The van der Waals surface area contributed by atoms with E-state index in [1.165, 1.54) is 0 Å². The number of aryl methyl sites for hydroxylation is 1. The third-order valence-electron chi connectivity index (χ3n) is 10.8. The van der Waals surface area contributed by atoms with Crippen molar-refractivity contribution in [3.8, 4) is 11.3 Å². The van der Waals surface area contributed by atoms with Crippen LogP contribution in [-0.2, 0) is 29.0 Å². The van der Waals surface area contributed by atoms with Gasteiger partial charge in [0, 0.05) is 30.0 Å². The van der Waals surface area contributed by atoms with E-state index in [9.17, 15) is 29.4 Å². The van der Waals surface area contributed by atoms with E-state index < -0.39 is 59.0 Å². The van der Waals surface area contributed by atoms with E-state index >= 15 is 0 Å². The van der Waals surface area contributed by atoms with Gasteiger partial charge in [-0.25, -0.2) is 9.59 Å². The normalized spacial score (nSPS) is 16.9. The number of benzene rings is 2. The molecular formula is C46H59N7O6. The second-order valence-corrected chi connectivity index (χ2v) is 17.7. The molecule has 1 aliphatic heterocycles. The summed E-state index contributed by atoms with van der Waals surface area (Å²) in [6.45, 7) is 13.6. The molecule has 4 aromatic rings. The minimum absolute atomic E-state index is 0.0493. The van der Waals surface area contributed by atoms with Gasteiger partial charge in [-0.3, -0.25) is 19.6 Å². The Balaban J connectivity index is 1.46. The number of urea groups is 1. The quantitative estimate of drug-likeness (QED) is 0.0809. The molecular weight excluding hydrogens is 747 g/mol. The van der Waals surface area contributed by atoms with Crippen molar-refractivity contribution < 1.29 is 29.4 Å². The van der Waals surface area contributed by atoms with Crippen LogP contribution in [0.15, 0.2) is 97.2 Å². The topological polar surface area (TPSA) is 186 Å². The number of aliphatic hydroxyl groups excluding tert-OH is 1. The Morgan fingerprint density at radius 1 is 0.814 bits per heavy atom. The number of nitrogens with one attached hydrogen (secondary N) is 4. The van der Waals surface area contributed by atoms with Gasteiger partial charge in [0.1, 0.15) is 6.04 Å². The van der Waals surface area contributed by atoms with E-state index in [-0.39, 0.29) is 37.9 Å². The number of pyridine rings is 2. The first kappa shape index (κ1) is 44.3. The number of amides is 5. The summed E-state index contributed by atoms with van der Waals surface area (Å²) in [5, 5.41) is 33.3. The molecule has 314 valence electrons. The van der Waals surface area contributed by atoms with Crippen LogP contribution in [0.2, 0.25) is 0 Å². The number of carboxylic acid groups (broad SMARTS) is 1. The van der Waals surface area contributed by atoms with Gasteiger partial charge in [0.25, 0.3) is 0 Å². The van der Waals surface area contributed by atoms with Gasteiger partial charge in [0.15, 0.2) is 0 Å². The molecule has 1 saturated heterocycles. The first-order valence-corrected chi connectivity index (χ1v) is 20.2. The van der Waals surface area contributed by atoms with Gasteiger partial charge in [0.2, 0.25) is 11.8 Å². The first-order chi connectivity index (χ1) is 27.9. The summed E-state index contributed by atoms with van der Waals surface area (Å²) >= 11 is 0. The van der Waals surface area contributed by atoms with Crippen molar-refractivity contribution in [3.63, 3.8) is 0 Å². The molecule has 1 unspecified atom stereocenters. The van der Waals surface area contributed by atoms with Crippen molar-refractivity contribution in [3.05, 3.63) is 120 Å². The Morgan fingerprint density at radius 2 is 1.49 bits per heavy atom. The predicted octanol–water partition coefficient (Wildman–Crippen LogP) is 5.90. The summed E-state index contributed by atoms with van der Waals surface area (Å²) in [7, 11) is 0. The fraction of sp³-hybridized carbons (Fsp3) is 0.435. The van der Waals surface area contributed by atoms with Crippen LogP contribution in [0.3, 0.4) is 0 Å². The zero-order valence-corrected chi connectivity index (χ0v) is 35.1. The van der Waals surface area contributed by atoms with Crippen LogP contribution in [0.4, 0.5) is 9.59 Å². The molecule has 1 fully saturated rings. The van der Waals surface area contributed by atoms with Crippen LogP contribution in [0, 0.1) is 23.7 Å². The minimum atomic E-state index is -1.33. The molecule has 5 rings (SSSR count). The molecule has 2 aromatic heterocycles. The Kier molecular flexibility index (Phi) is 14.5. The number of carbonyl (C=O) groups is 4. The number of nitrogens with zero attached hydrogens (tertiary/aromatic N) is 3. The average Bonchev–Trinajstić information content (AvgIpc) is 3.51. The van der Waals surface area contributed by atoms with E-state index in [2.05, 4.69) is 31.2 Å². The number of aliphatic hydroxyl groups is 1. The monoisotopic (exact) mass is 805 g/mol. The van der Waals surface area contributed by atoms with Gasteiger partial charge in [0.05, 0.1) is 42.0 Å². The SMILES string of the molecule is Cc1cccc(CN2C(=O)NCC2[C@@H](C(=O)N[C@H](Cc2ccc(-c3ccccn3)cc2)C[C@H](O)[C@H](Cc2ccccc2)NC(=O)[C@@H](NC(=O)O)C(C)(C)C)C(C)(C)C)n1. The molecule has 1 aliphatic rings. The lowest BCUT2D eigenvalue weighted by molar-refractivity contribution is -0.132. The maximum atomic E-state index is 14.8.